The van der Waals surface area contributed by atoms with Crippen LogP contribution in [0.3, 0.4) is 0 Å². The Morgan fingerprint density at radius 3 is 2.85 bits per heavy atom. The molecule has 0 saturated heterocycles. The van der Waals surface area contributed by atoms with Gasteiger partial charge in [0.25, 0.3) is 0 Å². The Hall–Kier alpha value is -3.64. The average molecular weight is 452 g/mol. The van der Waals surface area contributed by atoms with Crippen LogP contribution in [0.25, 0.3) is 0 Å². The van der Waals surface area contributed by atoms with E-state index < -0.39 is 0 Å². The largest absolute Gasteiger partial charge is 0.388 e. The van der Waals surface area contributed by atoms with Crippen LogP contribution in [0.5, 0.6) is 0 Å². The third kappa shape index (κ3) is 8.79. The van der Waals surface area contributed by atoms with Gasteiger partial charge in [-0.1, -0.05) is 18.8 Å². The number of aromatic nitrogens is 2. The number of ether oxygens (including phenoxy) is 1. The standard InChI is InChI=1S/C24H33N7O2/c1-4-22(32)27-12-7-5-6-9-19-17-29-24(31-23(19)28-13-8-14-33-3)30-20-11-10-18(16-25)21(15-20)26-2/h10-11,15-17,25-26H,4-5,7-8,12-14H2,1-3H3,(H,27,32)(H2,28,29,30,31). The highest BCUT2D eigenvalue weighted by molar-refractivity contribution is 5.87. The first-order chi connectivity index (χ1) is 16.1. The Morgan fingerprint density at radius 1 is 1.27 bits per heavy atom. The van der Waals surface area contributed by atoms with Gasteiger partial charge < -0.3 is 31.4 Å². The van der Waals surface area contributed by atoms with Gasteiger partial charge in [0.05, 0.1) is 11.8 Å². The molecule has 1 aromatic heterocycles. The van der Waals surface area contributed by atoms with E-state index in [2.05, 4.69) is 43.1 Å². The Balaban J connectivity index is 2.11. The Bertz CT molecular complexity index is 983. The molecule has 9 heteroatoms. The molecule has 2 aromatic rings. The number of rotatable bonds is 13. The maximum atomic E-state index is 11.3. The smallest absolute Gasteiger partial charge is 0.229 e. The quantitative estimate of drug-likeness (QED) is 0.180. The lowest BCUT2D eigenvalue weighted by Crippen LogP contribution is -2.22. The fraction of sp³-hybridized carbons (Fsp3) is 0.417. The number of carbonyl (C=O) groups excluding carboxylic acids is 1. The van der Waals surface area contributed by atoms with Crippen LogP contribution in [0.4, 0.5) is 23.1 Å². The van der Waals surface area contributed by atoms with Crippen LogP contribution in [0.2, 0.25) is 0 Å². The molecule has 2 rings (SSSR count). The molecule has 0 radical (unpaired) electrons. The van der Waals surface area contributed by atoms with Gasteiger partial charge in [0.15, 0.2) is 0 Å². The van der Waals surface area contributed by atoms with Crippen LogP contribution in [0, 0.1) is 17.3 Å². The molecule has 9 nitrogen and oxygen atoms in total. The van der Waals surface area contributed by atoms with Crippen LogP contribution in [-0.2, 0) is 9.53 Å². The van der Waals surface area contributed by atoms with Crippen molar-refractivity contribution in [1.29, 1.82) is 5.41 Å². The SMILES string of the molecule is CCC(=O)NCCCC#Cc1cnc(Nc2ccc(C=N)c(NC)c2)nc1NCCCOC. The fourth-order valence-corrected chi connectivity index (χ4v) is 2.88. The Morgan fingerprint density at radius 2 is 2.12 bits per heavy atom. The summed E-state index contributed by atoms with van der Waals surface area (Å²) in [5.41, 5.74) is 3.16. The molecule has 0 unspecified atom stereocenters. The maximum Gasteiger partial charge on any atom is 0.229 e. The van der Waals surface area contributed by atoms with Gasteiger partial charge >= 0.3 is 0 Å². The van der Waals surface area contributed by atoms with Crippen molar-refractivity contribution in [2.24, 2.45) is 0 Å². The summed E-state index contributed by atoms with van der Waals surface area (Å²) in [4.78, 5) is 20.3. The first kappa shape index (κ1) is 25.6. The van der Waals surface area contributed by atoms with Crippen molar-refractivity contribution in [1.82, 2.24) is 15.3 Å². The van der Waals surface area contributed by atoms with Crippen molar-refractivity contribution >= 4 is 35.3 Å². The predicted octanol–water partition coefficient (Wildman–Crippen LogP) is 3.37. The minimum atomic E-state index is 0.0521. The molecule has 0 bridgehead atoms. The molecule has 1 aromatic carbocycles. The molecule has 1 amide bonds. The van der Waals surface area contributed by atoms with Crippen LogP contribution < -0.4 is 21.3 Å². The molecule has 33 heavy (non-hydrogen) atoms. The molecule has 176 valence electrons. The summed E-state index contributed by atoms with van der Waals surface area (Å²) in [5, 5.41) is 19.9. The van der Waals surface area contributed by atoms with Gasteiger partial charge in [0.2, 0.25) is 11.9 Å². The summed E-state index contributed by atoms with van der Waals surface area (Å²) in [5.74, 6) is 7.42. The average Bonchev–Trinajstić information content (AvgIpc) is 2.84. The van der Waals surface area contributed by atoms with Crippen LogP contribution in [-0.4, -0.2) is 55.9 Å². The number of nitrogens with one attached hydrogen (secondary N) is 5. The van der Waals surface area contributed by atoms with E-state index in [-0.39, 0.29) is 5.91 Å². The summed E-state index contributed by atoms with van der Waals surface area (Å²) >= 11 is 0. The Labute approximate surface area is 195 Å². The second kappa shape index (κ2) is 14.4. The molecular formula is C24H33N7O2. The molecule has 1 heterocycles. The van der Waals surface area contributed by atoms with Gasteiger partial charge in [-0.25, -0.2) is 4.98 Å². The van der Waals surface area contributed by atoms with Crippen molar-refractivity contribution in [3.05, 3.63) is 35.5 Å². The number of amides is 1. The molecule has 0 aliphatic rings. The molecule has 0 fully saturated rings. The molecule has 0 spiro atoms. The van der Waals surface area contributed by atoms with Crippen molar-refractivity contribution in [2.75, 3.05) is 49.8 Å². The lowest BCUT2D eigenvalue weighted by atomic mass is 10.1. The molecule has 0 saturated carbocycles. The molecule has 0 atom stereocenters. The maximum absolute atomic E-state index is 11.3. The highest BCUT2D eigenvalue weighted by Gasteiger charge is 2.07. The van der Waals surface area contributed by atoms with Crippen LogP contribution >= 0.6 is 0 Å². The summed E-state index contributed by atoms with van der Waals surface area (Å²) in [7, 11) is 3.49. The highest BCUT2D eigenvalue weighted by atomic mass is 16.5. The van der Waals surface area contributed by atoms with E-state index in [0.29, 0.717) is 49.9 Å². The number of hydrogen-bond acceptors (Lipinski definition) is 8. The zero-order valence-corrected chi connectivity index (χ0v) is 19.5. The number of methoxy groups -OCH3 is 1. The van der Waals surface area contributed by atoms with Gasteiger partial charge in [-0.2, -0.15) is 4.98 Å². The molecule has 5 N–H and O–H groups in total. The third-order valence-corrected chi connectivity index (χ3v) is 4.69. The van der Waals surface area contributed by atoms with E-state index in [1.165, 1.54) is 6.21 Å². The van der Waals surface area contributed by atoms with Gasteiger partial charge in [0, 0.05) is 69.8 Å². The number of anilines is 4. The summed E-state index contributed by atoms with van der Waals surface area (Å²) in [6.07, 6.45) is 5.78. The second-order valence-electron chi connectivity index (χ2n) is 7.16. The zero-order chi connectivity index (χ0) is 23.9. The topological polar surface area (TPSA) is 124 Å². The van der Waals surface area contributed by atoms with Gasteiger partial charge in [0.1, 0.15) is 5.82 Å². The van der Waals surface area contributed by atoms with Crippen molar-refractivity contribution in [3.63, 3.8) is 0 Å². The highest BCUT2D eigenvalue weighted by Crippen LogP contribution is 2.22. The first-order valence-corrected chi connectivity index (χ1v) is 11.1. The molecule has 0 aliphatic carbocycles. The van der Waals surface area contributed by atoms with E-state index in [1.54, 1.807) is 13.3 Å². The van der Waals surface area contributed by atoms with E-state index in [4.69, 9.17) is 10.1 Å². The normalized spacial score (nSPS) is 10.0. The summed E-state index contributed by atoms with van der Waals surface area (Å²) < 4.78 is 5.12. The molecule has 0 aliphatic heterocycles. The van der Waals surface area contributed by atoms with Crippen molar-refractivity contribution < 1.29 is 9.53 Å². The number of nitrogens with zero attached hydrogens (tertiary/aromatic N) is 2. The molecular weight excluding hydrogens is 418 g/mol. The zero-order valence-electron chi connectivity index (χ0n) is 19.5. The van der Waals surface area contributed by atoms with Gasteiger partial charge in [-0.05, 0) is 31.0 Å². The monoisotopic (exact) mass is 451 g/mol. The van der Waals surface area contributed by atoms with E-state index in [0.717, 1.165) is 29.8 Å². The number of unbranched alkanes of at least 4 members (excludes halogenated alkanes) is 1. The Kier molecular flexibility index (Phi) is 11.2. The summed E-state index contributed by atoms with van der Waals surface area (Å²) in [6.45, 7) is 3.80. The van der Waals surface area contributed by atoms with E-state index in [1.807, 2.05) is 32.2 Å². The van der Waals surface area contributed by atoms with E-state index in [9.17, 15) is 4.79 Å². The second-order valence-corrected chi connectivity index (χ2v) is 7.16. The summed E-state index contributed by atoms with van der Waals surface area (Å²) in [6, 6.07) is 5.63. The third-order valence-electron chi connectivity index (χ3n) is 4.69. The van der Waals surface area contributed by atoms with Crippen molar-refractivity contribution in [2.45, 2.75) is 32.6 Å². The number of carbonyl (C=O) groups is 1. The first-order valence-electron chi connectivity index (χ1n) is 11.1. The van der Waals surface area contributed by atoms with Crippen molar-refractivity contribution in [3.8, 4) is 11.8 Å². The number of benzene rings is 1. The number of hydrogen-bond donors (Lipinski definition) is 5. The fourth-order valence-electron chi connectivity index (χ4n) is 2.88. The van der Waals surface area contributed by atoms with E-state index >= 15 is 0 Å². The minimum Gasteiger partial charge on any atom is -0.388 e. The predicted molar refractivity (Wildman–Crippen MR) is 134 cm³/mol. The lowest BCUT2D eigenvalue weighted by Gasteiger charge is -2.12. The minimum absolute atomic E-state index is 0.0521. The van der Waals surface area contributed by atoms with Gasteiger partial charge in [-0.3, -0.25) is 4.79 Å². The van der Waals surface area contributed by atoms with Gasteiger partial charge in [-0.15, -0.1) is 0 Å². The van der Waals surface area contributed by atoms with Crippen LogP contribution in [0.15, 0.2) is 24.4 Å². The van der Waals surface area contributed by atoms with Crippen LogP contribution in [0.1, 0.15) is 43.7 Å². The lowest BCUT2D eigenvalue weighted by molar-refractivity contribution is -0.120.